The van der Waals surface area contributed by atoms with E-state index in [4.69, 9.17) is 9.47 Å². The van der Waals surface area contributed by atoms with E-state index in [1.165, 1.54) is 12.1 Å². The molecule has 5 heteroatoms. The van der Waals surface area contributed by atoms with Crippen molar-refractivity contribution in [2.75, 3.05) is 13.7 Å². The summed E-state index contributed by atoms with van der Waals surface area (Å²) in [6.07, 6.45) is 0.993. The Bertz CT molecular complexity index is 683. The first-order chi connectivity index (χ1) is 12.5. The molecule has 2 aromatic rings. The van der Waals surface area contributed by atoms with Gasteiger partial charge in [0.1, 0.15) is 17.3 Å². The smallest absolute Gasteiger partial charge is 0.220 e. The van der Waals surface area contributed by atoms with E-state index in [-0.39, 0.29) is 23.7 Å². The number of benzene rings is 2. The average molecular weight is 359 g/mol. The topological polar surface area (TPSA) is 47.6 Å². The monoisotopic (exact) mass is 359 g/mol. The summed E-state index contributed by atoms with van der Waals surface area (Å²) in [5, 5.41) is 3.03. The number of rotatable bonds is 9. The van der Waals surface area contributed by atoms with Crippen LogP contribution in [-0.2, 0) is 4.79 Å². The molecule has 4 nitrogen and oxygen atoms in total. The van der Waals surface area contributed by atoms with E-state index in [1.54, 1.807) is 19.2 Å². The van der Waals surface area contributed by atoms with E-state index in [1.807, 2.05) is 38.1 Å². The van der Waals surface area contributed by atoms with Crippen LogP contribution in [0.25, 0.3) is 0 Å². The van der Waals surface area contributed by atoms with E-state index in [9.17, 15) is 9.18 Å². The van der Waals surface area contributed by atoms with Gasteiger partial charge in [-0.05, 0) is 54.3 Å². The van der Waals surface area contributed by atoms with Crippen molar-refractivity contribution in [2.24, 2.45) is 5.92 Å². The summed E-state index contributed by atoms with van der Waals surface area (Å²) in [6, 6.07) is 13.5. The highest BCUT2D eigenvalue weighted by atomic mass is 19.1. The van der Waals surface area contributed by atoms with Gasteiger partial charge in [-0.1, -0.05) is 26.0 Å². The number of hydrogen-bond donors (Lipinski definition) is 1. The maximum Gasteiger partial charge on any atom is 0.220 e. The third kappa shape index (κ3) is 6.06. The van der Waals surface area contributed by atoms with Gasteiger partial charge in [0.25, 0.3) is 0 Å². The number of carbonyl (C=O) groups excluding carboxylic acids is 1. The van der Waals surface area contributed by atoms with Gasteiger partial charge < -0.3 is 14.8 Å². The van der Waals surface area contributed by atoms with E-state index in [0.29, 0.717) is 19.4 Å². The molecule has 0 aromatic heterocycles. The van der Waals surface area contributed by atoms with E-state index < -0.39 is 0 Å². The summed E-state index contributed by atoms with van der Waals surface area (Å²) in [4.78, 5) is 12.2. The minimum Gasteiger partial charge on any atom is -0.497 e. The summed E-state index contributed by atoms with van der Waals surface area (Å²) in [6.45, 7) is 4.52. The molecule has 0 bridgehead atoms. The molecule has 1 N–H and O–H groups in total. The molecule has 140 valence electrons. The van der Waals surface area contributed by atoms with Crippen LogP contribution in [0.5, 0.6) is 11.5 Å². The second-order valence-corrected chi connectivity index (χ2v) is 6.47. The van der Waals surface area contributed by atoms with E-state index in [2.05, 4.69) is 5.32 Å². The zero-order valence-corrected chi connectivity index (χ0v) is 15.5. The fourth-order valence-corrected chi connectivity index (χ4v) is 2.65. The van der Waals surface area contributed by atoms with Crippen molar-refractivity contribution in [1.29, 1.82) is 0 Å². The minimum atomic E-state index is -0.279. The number of methoxy groups -OCH3 is 1. The summed E-state index contributed by atoms with van der Waals surface area (Å²) in [7, 11) is 1.62. The van der Waals surface area contributed by atoms with Gasteiger partial charge in [-0.15, -0.1) is 0 Å². The lowest BCUT2D eigenvalue weighted by Gasteiger charge is -2.23. The molecular weight excluding hydrogens is 333 g/mol. The molecule has 0 aliphatic heterocycles. The van der Waals surface area contributed by atoms with E-state index in [0.717, 1.165) is 17.1 Å². The lowest BCUT2D eigenvalue weighted by atomic mass is 9.96. The molecule has 1 amide bonds. The third-order valence-electron chi connectivity index (χ3n) is 4.09. The summed E-state index contributed by atoms with van der Waals surface area (Å²) < 4.78 is 23.8. The first kappa shape index (κ1) is 19.8. The van der Waals surface area contributed by atoms with Gasteiger partial charge in [-0.3, -0.25) is 4.79 Å². The molecule has 0 saturated heterocycles. The molecule has 1 unspecified atom stereocenters. The fourth-order valence-electron chi connectivity index (χ4n) is 2.65. The Labute approximate surface area is 154 Å². The zero-order valence-electron chi connectivity index (χ0n) is 15.5. The highest BCUT2D eigenvalue weighted by Crippen LogP contribution is 2.22. The van der Waals surface area contributed by atoms with Crippen LogP contribution in [0.4, 0.5) is 4.39 Å². The molecule has 0 aliphatic carbocycles. The van der Waals surface area contributed by atoms with E-state index >= 15 is 0 Å². The van der Waals surface area contributed by atoms with Gasteiger partial charge in [0.2, 0.25) is 5.91 Å². The largest absolute Gasteiger partial charge is 0.497 e. The third-order valence-corrected chi connectivity index (χ3v) is 4.09. The van der Waals surface area contributed by atoms with Crippen LogP contribution < -0.4 is 14.8 Å². The molecule has 26 heavy (non-hydrogen) atoms. The van der Waals surface area contributed by atoms with Gasteiger partial charge in [-0.2, -0.15) is 0 Å². The Balaban J connectivity index is 1.78. The van der Waals surface area contributed by atoms with Crippen LogP contribution in [0.3, 0.4) is 0 Å². The second kappa shape index (κ2) is 9.80. The zero-order chi connectivity index (χ0) is 18.9. The summed E-state index contributed by atoms with van der Waals surface area (Å²) in [5.74, 6) is 1.42. The SMILES string of the molecule is COc1ccc(OCCCC(=O)NC(c2ccc(F)cc2)C(C)C)cc1. The van der Waals surface area contributed by atoms with Crippen molar-refractivity contribution in [3.05, 3.63) is 59.9 Å². The number of hydrogen-bond acceptors (Lipinski definition) is 3. The van der Waals surface area contributed by atoms with Crippen LogP contribution >= 0.6 is 0 Å². The molecule has 2 aromatic carbocycles. The predicted octanol–water partition coefficient (Wildman–Crippen LogP) is 4.51. The maximum atomic E-state index is 13.1. The molecule has 0 heterocycles. The van der Waals surface area contributed by atoms with Gasteiger partial charge in [-0.25, -0.2) is 4.39 Å². The number of nitrogens with one attached hydrogen (secondary N) is 1. The molecule has 2 rings (SSSR count). The van der Waals surface area contributed by atoms with Crippen molar-refractivity contribution >= 4 is 5.91 Å². The van der Waals surface area contributed by atoms with Gasteiger partial charge in [0, 0.05) is 6.42 Å². The molecule has 0 aliphatic rings. The second-order valence-electron chi connectivity index (χ2n) is 6.47. The number of carbonyl (C=O) groups is 1. The lowest BCUT2D eigenvalue weighted by molar-refractivity contribution is -0.122. The van der Waals surface area contributed by atoms with Crippen LogP contribution in [0.1, 0.15) is 38.3 Å². The Kier molecular flexibility index (Phi) is 7.45. The van der Waals surface area contributed by atoms with Crippen LogP contribution in [0.2, 0.25) is 0 Å². The van der Waals surface area contributed by atoms with Gasteiger partial charge in [0.05, 0.1) is 19.8 Å². The summed E-state index contributed by atoms with van der Waals surface area (Å²) in [5.41, 5.74) is 0.907. The minimum absolute atomic E-state index is 0.0358. The number of ether oxygens (including phenoxy) is 2. The Morgan fingerprint density at radius 3 is 2.23 bits per heavy atom. The standard InChI is InChI=1S/C21H26FNO3/c1-15(2)21(16-6-8-17(22)9-7-16)23-20(24)5-4-14-26-19-12-10-18(25-3)11-13-19/h6-13,15,21H,4-5,14H2,1-3H3,(H,23,24). The Morgan fingerprint density at radius 2 is 1.65 bits per heavy atom. The first-order valence-electron chi connectivity index (χ1n) is 8.81. The number of halogens is 1. The van der Waals surface area contributed by atoms with Crippen LogP contribution in [0.15, 0.2) is 48.5 Å². The van der Waals surface area contributed by atoms with Crippen molar-refractivity contribution in [3.63, 3.8) is 0 Å². The van der Waals surface area contributed by atoms with Crippen LogP contribution in [-0.4, -0.2) is 19.6 Å². The van der Waals surface area contributed by atoms with Crippen molar-refractivity contribution in [1.82, 2.24) is 5.32 Å². The molecular formula is C21H26FNO3. The maximum absolute atomic E-state index is 13.1. The Morgan fingerprint density at radius 1 is 1.04 bits per heavy atom. The Hall–Kier alpha value is -2.56. The molecule has 0 radical (unpaired) electrons. The molecule has 0 saturated carbocycles. The lowest BCUT2D eigenvalue weighted by Crippen LogP contribution is -2.31. The van der Waals surface area contributed by atoms with Crippen molar-refractivity contribution in [3.8, 4) is 11.5 Å². The van der Waals surface area contributed by atoms with Crippen molar-refractivity contribution < 1.29 is 18.7 Å². The highest BCUT2D eigenvalue weighted by molar-refractivity contribution is 5.76. The normalized spacial score (nSPS) is 11.9. The van der Waals surface area contributed by atoms with Gasteiger partial charge in [0.15, 0.2) is 0 Å². The highest BCUT2D eigenvalue weighted by Gasteiger charge is 2.18. The average Bonchev–Trinajstić information content (AvgIpc) is 2.64. The first-order valence-corrected chi connectivity index (χ1v) is 8.81. The fraction of sp³-hybridized carbons (Fsp3) is 0.381. The van der Waals surface area contributed by atoms with Gasteiger partial charge >= 0.3 is 0 Å². The predicted molar refractivity (Wildman–Crippen MR) is 99.8 cm³/mol. The molecule has 1 atom stereocenters. The molecule has 0 fully saturated rings. The van der Waals surface area contributed by atoms with Crippen LogP contribution in [0, 0.1) is 11.7 Å². The quantitative estimate of drug-likeness (QED) is 0.670. The summed E-state index contributed by atoms with van der Waals surface area (Å²) >= 11 is 0. The van der Waals surface area contributed by atoms with Crippen molar-refractivity contribution in [2.45, 2.75) is 32.7 Å². The number of amides is 1. The molecule has 0 spiro atoms.